The third-order valence-corrected chi connectivity index (χ3v) is 8.35. The second-order valence-electron chi connectivity index (χ2n) is 10.3. The SMILES string of the molecule is CC1CC(N)CC(c2ccncc2NC(=O)c2nc(-c3c(F)cc(C4(F)CCOCC4)cc3F)sc2N)C1. The molecule has 11 heteroatoms. The fraction of sp³-hybridized carbons (Fsp3) is 0.444. The molecule has 2 fully saturated rings. The average Bonchev–Trinajstić information content (AvgIpc) is 3.25. The molecule has 38 heavy (non-hydrogen) atoms. The first kappa shape index (κ1) is 26.6. The number of rotatable bonds is 5. The van der Waals surface area contributed by atoms with Gasteiger partial charge in [0.25, 0.3) is 5.91 Å². The summed E-state index contributed by atoms with van der Waals surface area (Å²) in [5.74, 6) is -1.95. The van der Waals surface area contributed by atoms with Crippen LogP contribution in [-0.4, -0.2) is 35.1 Å². The Morgan fingerprint density at radius 1 is 1.18 bits per heavy atom. The van der Waals surface area contributed by atoms with Crippen LogP contribution in [0.2, 0.25) is 0 Å². The lowest BCUT2D eigenvalue weighted by Crippen LogP contribution is -2.31. The smallest absolute Gasteiger partial charge is 0.277 e. The molecule has 1 amide bonds. The van der Waals surface area contributed by atoms with E-state index >= 15 is 13.2 Å². The van der Waals surface area contributed by atoms with Crippen molar-refractivity contribution in [2.75, 3.05) is 24.3 Å². The van der Waals surface area contributed by atoms with Gasteiger partial charge in [-0.15, -0.1) is 0 Å². The summed E-state index contributed by atoms with van der Waals surface area (Å²) in [6, 6.07) is 3.91. The summed E-state index contributed by atoms with van der Waals surface area (Å²) in [6.45, 7) is 2.51. The molecule has 5 rings (SSSR count). The van der Waals surface area contributed by atoms with Gasteiger partial charge >= 0.3 is 0 Å². The molecule has 2 aromatic heterocycles. The molecule has 5 N–H and O–H groups in total. The van der Waals surface area contributed by atoms with Gasteiger partial charge in [-0.05, 0) is 60.4 Å². The van der Waals surface area contributed by atoms with Gasteiger partial charge in [-0.2, -0.15) is 0 Å². The first-order valence-electron chi connectivity index (χ1n) is 12.7. The molecule has 2 aliphatic rings. The second kappa shape index (κ2) is 10.6. The molecule has 1 saturated heterocycles. The molecule has 3 heterocycles. The predicted octanol–water partition coefficient (Wildman–Crippen LogP) is 5.52. The molecule has 3 atom stereocenters. The van der Waals surface area contributed by atoms with Crippen molar-refractivity contribution >= 4 is 27.9 Å². The van der Waals surface area contributed by atoms with E-state index in [1.54, 1.807) is 12.4 Å². The fourth-order valence-electron chi connectivity index (χ4n) is 5.58. The number of ether oxygens (including phenoxy) is 1. The van der Waals surface area contributed by atoms with Crippen molar-refractivity contribution in [1.82, 2.24) is 9.97 Å². The molecule has 1 aliphatic heterocycles. The van der Waals surface area contributed by atoms with Crippen LogP contribution in [-0.2, 0) is 10.4 Å². The van der Waals surface area contributed by atoms with Gasteiger partial charge in [0.1, 0.15) is 27.3 Å². The number of pyridine rings is 1. The third-order valence-electron chi connectivity index (χ3n) is 7.45. The van der Waals surface area contributed by atoms with Crippen molar-refractivity contribution in [3.8, 4) is 10.6 Å². The number of nitrogens with two attached hydrogens (primary N) is 2. The second-order valence-corrected chi connectivity index (χ2v) is 11.3. The zero-order chi connectivity index (χ0) is 27.0. The molecule has 0 spiro atoms. The van der Waals surface area contributed by atoms with Crippen molar-refractivity contribution in [2.45, 2.75) is 56.7 Å². The summed E-state index contributed by atoms with van der Waals surface area (Å²) in [4.78, 5) is 21.5. The lowest BCUT2D eigenvalue weighted by molar-refractivity contribution is -0.0117. The first-order valence-corrected chi connectivity index (χ1v) is 13.5. The van der Waals surface area contributed by atoms with Crippen LogP contribution in [0.3, 0.4) is 0 Å². The molecule has 1 aliphatic carbocycles. The maximum Gasteiger partial charge on any atom is 0.277 e. The highest BCUT2D eigenvalue weighted by molar-refractivity contribution is 7.19. The lowest BCUT2D eigenvalue weighted by atomic mass is 9.76. The topological polar surface area (TPSA) is 116 Å². The van der Waals surface area contributed by atoms with E-state index in [2.05, 4.69) is 22.2 Å². The highest BCUT2D eigenvalue weighted by atomic mass is 32.1. The van der Waals surface area contributed by atoms with Crippen LogP contribution in [0.25, 0.3) is 10.6 Å². The average molecular weight is 546 g/mol. The molecule has 7 nitrogen and oxygen atoms in total. The number of amides is 1. The van der Waals surface area contributed by atoms with Crippen molar-refractivity contribution in [3.05, 3.63) is 59.0 Å². The highest BCUT2D eigenvalue weighted by Crippen LogP contribution is 2.41. The highest BCUT2D eigenvalue weighted by Gasteiger charge is 2.36. The summed E-state index contributed by atoms with van der Waals surface area (Å²) < 4.78 is 50.7. The minimum Gasteiger partial charge on any atom is -0.389 e. The predicted molar refractivity (Wildman–Crippen MR) is 141 cm³/mol. The van der Waals surface area contributed by atoms with Crippen molar-refractivity contribution in [2.24, 2.45) is 11.7 Å². The van der Waals surface area contributed by atoms with E-state index in [4.69, 9.17) is 16.2 Å². The zero-order valence-corrected chi connectivity index (χ0v) is 21.8. The van der Waals surface area contributed by atoms with Crippen LogP contribution < -0.4 is 16.8 Å². The van der Waals surface area contributed by atoms with Crippen LogP contribution in [0.5, 0.6) is 0 Å². The summed E-state index contributed by atoms with van der Waals surface area (Å²) in [5, 5.41) is 2.72. The Labute approximate surface area is 222 Å². The summed E-state index contributed by atoms with van der Waals surface area (Å²) in [6.07, 6.45) is 5.94. The van der Waals surface area contributed by atoms with E-state index < -0.39 is 28.8 Å². The molecular weight excluding hydrogens is 515 g/mol. The van der Waals surface area contributed by atoms with Gasteiger partial charge in [0.05, 0.1) is 17.4 Å². The van der Waals surface area contributed by atoms with Gasteiger partial charge in [0.15, 0.2) is 5.69 Å². The minimum atomic E-state index is -1.87. The lowest BCUT2D eigenvalue weighted by Gasteiger charge is -2.32. The first-order chi connectivity index (χ1) is 18.1. The number of anilines is 2. The largest absolute Gasteiger partial charge is 0.389 e. The number of hydrogen-bond acceptors (Lipinski definition) is 7. The van der Waals surface area contributed by atoms with Gasteiger partial charge in [0, 0.05) is 38.3 Å². The third kappa shape index (κ3) is 5.27. The number of hydrogen-bond donors (Lipinski definition) is 3. The Morgan fingerprint density at radius 3 is 2.58 bits per heavy atom. The Morgan fingerprint density at radius 2 is 1.89 bits per heavy atom. The number of carbonyl (C=O) groups excluding carboxylic acids is 1. The number of alkyl halides is 1. The van der Waals surface area contributed by atoms with Crippen LogP contribution in [0.1, 0.15) is 66.6 Å². The maximum absolute atomic E-state index is 15.3. The van der Waals surface area contributed by atoms with E-state index in [1.807, 2.05) is 6.07 Å². The van der Waals surface area contributed by atoms with Gasteiger partial charge in [-0.1, -0.05) is 18.3 Å². The number of thiazole rings is 1. The summed E-state index contributed by atoms with van der Waals surface area (Å²) in [7, 11) is 0. The number of nitrogens with zero attached hydrogens (tertiary/aromatic N) is 2. The number of carbonyl (C=O) groups is 1. The molecular formula is C27H30F3N5O2S. The van der Waals surface area contributed by atoms with E-state index in [1.165, 1.54) is 0 Å². The van der Waals surface area contributed by atoms with Crippen LogP contribution >= 0.6 is 11.3 Å². The molecule has 1 aromatic carbocycles. The maximum atomic E-state index is 15.3. The van der Waals surface area contributed by atoms with Crippen LogP contribution in [0.15, 0.2) is 30.6 Å². The van der Waals surface area contributed by atoms with E-state index in [0.717, 1.165) is 48.3 Å². The van der Waals surface area contributed by atoms with Crippen LogP contribution in [0, 0.1) is 17.6 Å². The molecule has 3 aromatic rings. The Balaban J connectivity index is 1.40. The standard InChI is InChI=1S/C27H30F3N5O2S/c1-14-8-15(10-17(31)9-14)18-2-5-33-13-21(18)34-25(36)23-24(32)38-26(35-23)22-19(28)11-16(12-20(22)29)27(30)3-6-37-7-4-27/h2,5,11-15,17H,3-4,6-10,31-32H2,1H3,(H,34,36). The number of nitrogen functional groups attached to an aromatic ring is 1. The van der Waals surface area contributed by atoms with Crippen LogP contribution in [0.4, 0.5) is 23.9 Å². The van der Waals surface area contributed by atoms with Gasteiger partial charge in [-0.3, -0.25) is 9.78 Å². The molecule has 0 bridgehead atoms. The molecule has 202 valence electrons. The van der Waals surface area contributed by atoms with Crippen molar-refractivity contribution in [3.63, 3.8) is 0 Å². The molecule has 0 radical (unpaired) electrons. The normalized spacial score (nSPS) is 23.2. The quantitative estimate of drug-likeness (QED) is 0.389. The van der Waals surface area contributed by atoms with Gasteiger partial charge < -0.3 is 21.5 Å². The number of aromatic nitrogens is 2. The van der Waals surface area contributed by atoms with E-state index in [9.17, 15) is 4.79 Å². The van der Waals surface area contributed by atoms with Crippen molar-refractivity contribution in [1.29, 1.82) is 0 Å². The summed E-state index contributed by atoms with van der Waals surface area (Å²) in [5.41, 5.74) is 11.2. The zero-order valence-electron chi connectivity index (χ0n) is 21.0. The van der Waals surface area contributed by atoms with Gasteiger partial charge in [-0.25, -0.2) is 18.2 Å². The Kier molecular flexibility index (Phi) is 7.43. The minimum absolute atomic E-state index is 0.00511. The van der Waals surface area contributed by atoms with E-state index in [0.29, 0.717) is 11.6 Å². The van der Waals surface area contributed by atoms with E-state index in [-0.39, 0.29) is 59.3 Å². The van der Waals surface area contributed by atoms with Crippen molar-refractivity contribution < 1.29 is 22.7 Å². The number of benzene rings is 1. The molecule has 3 unspecified atom stereocenters. The Hall–Kier alpha value is -3.02. The number of halogens is 3. The Bertz CT molecular complexity index is 1310. The monoisotopic (exact) mass is 545 g/mol. The molecule has 1 saturated carbocycles. The fourth-order valence-corrected chi connectivity index (χ4v) is 6.46. The summed E-state index contributed by atoms with van der Waals surface area (Å²) >= 11 is 0.788. The number of nitrogens with one attached hydrogen (secondary N) is 1. The van der Waals surface area contributed by atoms with Gasteiger partial charge in [0.2, 0.25) is 0 Å².